The molecule has 0 aliphatic rings. The summed E-state index contributed by atoms with van der Waals surface area (Å²) in [7, 11) is 1.52. The zero-order valence-electron chi connectivity index (χ0n) is 17.5. The normalized spacial score (nSPS) is 10.8. The van der Waals surface area contributed by atoms with Crippen LogP contribution in [0.25, 0.3) is 0 Å². The number of halogens is 1. The van der Waals surface area contributed by atoms with Crippen LogP contribution in [0.2, 0.25) is 5.02 Å². The lowest BCUT2D eigenvalue weighted by molar-refractivity contribution is 0.0935. The molecule has 0 aliphatic carbocycles. The van der Waals surface area contributed by atoms with Crippen LogP contribution in [-0.4, -0.2) is 36.6 Å². The minimum atomic E-state index is -0.602. The standard InChI is InChI=1S/C22H28ClN3O4/c1-15(2)7-9-26-13-18(21(28)24-8-10-30-3)20(27)19(14-26)22(29)25-12-16-5-4-6-17(23)11-16/h4-6,11,13-15H,7-10,12H2,1-3H3,(H,24,28)(H,25,29). The molecule has 0 aliphatic heterocycles. The van der Waals surface area contributed by atoms with E-state index in [-0.39, 0.29) is 24.2 Å². The van der Waals surface area contributed by atoms with Crippen LogP contribution >= 0.6 is 11.6 Å². The summed E-state index contributed by atoms with van der Waals surface area (Å²) < 4.78 is 6.64. The lowest BCUT2D eigenvalue weighted by atomic mass is 10.1. The number of benzene rings is 1. The number of amides is 2. The Kier molecular flexibility index (Phi) is 9.08. The van der Waals surface area contributed by atoms with Crippen LogP contribution in [-0.2, 0) is 17.8 Å². The molecular formula is C22H28ClN3O4. The molecule has 8 heteroatoms. The van der Waals surface area contributed by atoms with Gasteiger partial charge in [0, 0.05) is 44.2 Å². The fourth-order valence-corrected chi connectivity index (χ4v) is 2.99. The fourth-order valence-electron chi connectivity index (χ4n) is 2.78. The maximum atomic E-state index is 12.9. The molecular weight excluding hydrogens is 406 g/mol. The molecule has 2 rings (SSSR count). The zero-order chi connectivity index (χ0) is 22.1. The molecule has 1 heterocycles. The van der Waals surface area contributed by atoms with Gasteiger partial charge in [-0.05, 0) is 30.0 Å². The van der Waals surface area contributed by atoms with Crippen LogP contribution in [0.15, 0.2) is 41.5 Å². The van der Waals surface area contributed by atoms with Crippen LogP contribution < -0.4 is 16.1 Å². The molecule has 0 bridgehead atoms. The van der Waals surface area contributed by atoms with E-state index in [1.165, 1.54) is 19.5 Å². The average molecular weight is 434 g/mol. The number of hydrogen-bond acceptors (Lipinski definition) is 4. The third-order valence-corrected chi connectivity index (χ3v) is 4.70. The third kappa shape index (κ3) is 7.00. The SMILES string of the molecule is COCCNC(=O)c1cn(CCC(C)C)cc(C(=O)NCc2cccc(Cl)c2)c1=O. The van der Waals surface area contributed by atoms with Crippen molar-refractivity contribution in [2.75, 3.05) is 20.3 Å². The van der Waals surface area contributed by atoms with Crippen molar-refractivity contribution in [1.29, 1.82) is 0 Å². The Morgan fingerprint density at radius 1 is 1.13 bits per heavy atom. The van der Waals surface area contributed by atoms with E-state index in [9.17, 15) is 14.4 Å². The number of nitrogens with zero attached hydrogens (tertiary/aromatic N) is 1. The minimum absolute atomic E-state index is 0.0646. The van der Waals surface area contributed by atoms with Crippen LogP contribution in [0.5, 0.6) is 0 Å². The number of nitrogens with one attached hydrogen (secondary N) is 2. The number of pyridine rings is 1. The van der Waals surface area contributed by atoms with Gasteiger partial charge in [-0.25, -0.2) is 0 Å². The summed E-state index contributed by atoms with van der Waals surface area (Å²) in [5, 5.41) is 5.93. The molecule has 2 amide bonds. The largest absolute Gasteiger partial charge is 0.383 e. The zero-order valence-corrected chi connectivity index (χ0v) is 18.3. The van der Waals surface area contributed by atoms with E-state index in [0.717, 1.165) is 12.0 Å². The molecule has 7 nitrogen and oxygen atoms in total. The lowest BCUT2D eigenvalue weighted by Crippen LogP contribution is -2.36. The van der Waals surface area contributed by atoms with Crippen molar-refractivity contribution in [2.45, 2.75) is 33.4 Å². The Hall–Kier alpha value is -2.64. The minimum Gasteiger partial charge on any atom is -0.383 e. The molecule has 2 aromatic rings. The first-order valence-corrected chi connectivity index (χ1v) is 10.2. The van der Waals surface area contributed by atoms with Gasteiger partial charge in [0.15, 0.2) is 0 Å². The maximum Gasteiger partial charge on any atom is 0.257 e. The number of hydrogen-bond donors (Lipinski definition) is 2. The number of ether oxygens (including phenoxy) is 1. The Bertz CT molecular complexity index is 940. The molecule has 0 radical (unpaired) electrons. The van der Waals surface area contributed by atoms with Gasteiger partial charge in [0.2, 0.25) is 5.43 Å². The van der Waals surface area contributed by atoms with E-state index < -0.39 is 17.2 Å². The van der Waals surface area contributed by atoms with Crippen molar-refractivity contribution in [3.8, 4) is 0 Å². The summed E-state index contributed by atoms with van der Waals surface area (Å²) >= 11 is 5.97. The predicted octanol–water partition coefficient (Wildman–Crippen LogP) is 2.85. The van der Waals surface area contributed by atoms with Crippen LogP contribution in [0.4, 0.5) is 0 Å². The highest BCUT2D eigenvalue weighted by molar-refractivity contribution is 6.30. The molecule has 0 saturated carbocycles. The van der Waals surface area contributed by atoms with Crippen molar-refractivity contribution in [1.82, 2.24) is 15.2 Å². The second kappa shape index (κ2) is 11.5. The first-order chi connectivity index (χ1) is 14.3. The Morgan fingerprint density at radius 2 is 1.80 bits per heavy atom. The molecule has 1 aromatic carbocycles. The molecule has 0 spiro atoms. The fraction of sp³-hybridized carbons (Fsp3) is 0.409. The number of methoxy groups -OCH3 is 1. The Morgan fingerprint density at radius 3 is 2.40 bits per heavy atom. The molecule has 0 fully saturated rings. The summed E-state index contributed by atoms with van der Waals surface area (Å²) in [6, 6.07) is 7.09. The van der Waals surface area contributed by atoms with Crippen molar-refractivity contribution in [2.24, 2.45) is 5.92 Å². The van der Waals surface area contributed by atoms with Gasteiger partial charge in [0.25, 0.3) is 11.8 Å². The molecule has 0 saturated heterocycles. The van der Waals surface area contributed by atoms with Crippen molar-refractivity contribution in [3.05, 3.63) is 68.6 Å². The maximum absolute atomic E-state index is 12.9. The van der Waals surface area contributed by atoms with Crippen LogP contribution in [0.1, 0.15) is 46.5 Å². The highest BCUT2D eigenvalue weighted by Crippen LogP contribution is 2.11. The summed E-state index contributed by atoms with van der Waals surface area (Å²) in [6.07, 6.45) is 3.85. The van der Waals surface area contributed by atoms with Crippen molar-refractivity contribution in [3.63, 3.8) is 0 Å². The predicted molar refractivity (Wildman–Crippen MR) is 117 cm³/mol. The molecule has 162 valence electrons. The van der Waals surface area contributed by atoms with Gasteiger partial charge in [-0.3, -0.25) is 14.4 Å². The number of rotatable bonds is 10. The average Bonchev–Trinajstić information content (AvgIpc) is 2.71. The van der Waals surface area contributed by atoms with Gasteiger partial charge >= 0.3 is 0 Å². The van der Waals surface area contributed by atoms with Gasteiger partial charge in [0.05, 0.1) is 6.61 Å². The van der Waals surface area contributed by atoms with Crippen LogP contribution in [0.3, 0.4) is 0 Å². The third-order valence-electron chi connectivity index (χ3n) is 4.47. The van der Waals surface area contributed by atoms with Crippen molar-refractivity contribution < 1.29 is 14.3 Å². The molecule has 1 aromatic heterocycles. The second-order valence-electron chi connectivity index (χ2n) is 7.40. The quantitative estimate of drug-likeness (QED) is 0.564. The summed E-state index contributed by atoms with van der Waals surface area (Å²) in [6.45, 7) is 5.57. The molecule has 2 N–H and O–H groups in total. The topological polar surface area (TPSA) is 89.4 Å². The monoisotopic (exact) mass is 433 g/mol. The van der Waals surface area contributed by atoms with E-state index in [0.29, 0.717) is 24.1 Å². The van der Waals surface area contributed by atoms with E-state index in [2.05, 4.69) is 24.5 Å². The highest BCUT2D eigenvalue weighted by atomic mass is 35.5. The number of aromatic nitrogens is 1. The Balaban J connectivity index is 2.27. The van der Waals surface area contributed by atoms with Gasteiger partial charge in [-0.1, -0.05) is 37.6 Å². The second-order valence-corrected chi connectivity index (χ2v) is 7.83. The van der Waals surface area contributed by atoms with Crippen molar-refractivity contribution >= 4 is 23.4 Å². The van der Waals surface area contributed by atoms with Crippen LogP contribution in [0, 0.1) is 5.92 Å². The van der Waals surface area contributed by atoms with E-state index in [1.54, 1.807) is 22.8 Å². The van der Waals surface area contributed by atoms with E-state index in [4.69, 9.17) is 16.3 Å². The van der Waals surface area contributed by atoms with Gasteiger partial charge < -0.3 is 19.9 Å². The first-order valence-electron chi connectivity index (χ1n) is 9.85. The van der Waals surface area contributed by atoms with Gasteiger partial charge in [0.1, 0.15) is 11.1 Å². The molecule has 30 heavy (non-hydrogen) atoms. The molecule has 0 unspecified atom stereocenters. The highest BCUT2D eigenvalue weighted by Gasteiger charge is 2.19. The van der Waals surface area contributed by atoms with E-state index in [1.807, 2.05) is 6.07 Å². The van der Waals surface area contributed by atoms with E-state index >= 15 is 0 Å². The summed E-state index contributed by atoms with van der Waals surface area (Å²) in [5.74, 6) is -0.631. The smallest absolute Gasteiger partial charge is 0.257 e. The number of carbonyl (C=O) groups excluding carboxylic acids is 2. The van der Waals surface area contributed by atoms with Gasteiger partial charge in [-0.2, -0.15) is 0 Å². The summed E-state index contributed by atoms with van der Waals surface area (Å²) in [4.78, 5) is 38.1. The van der Waals surface area contributed by atoms with Gasteiger partial charge in [-0.15, -0.1) is 0 Å². The Labute approximate surface area is 181 Å². The number of carbonyl (C=O) groups is 2. The lowest BCUT2D eigenvalue weighted by Gasteiger charge is -2.14. The first kappa shape index (κ1) is 23.6. The number of aryl methyl sites for hydroxylation is 1. The summed E-state index contributed by atoms with van der Waals surface area (Å²) in [5.41, 5.74) is 0.0733. The molecule has 0 atom stereocenters.